The van der Waals surface area contributed by atoms with Crippen LogP contribution < -0.4 is 5.32 Å². The number of ether oxygens (including phenoxy) is 1. The summed E-state index contributed by atoms with van der Waals surface area (Å²) in [5.41, 5.74) is 0. The molecular weight excluding hydrogens is 218 g/mol. The summed E-state index contributed by atoms with van der Waals surface area (Å²) in [6, 6.07) is 2.70. The Morgan fingerprint density at radius 1 is 1.53 bits per heavy atom. The minimum absolute atomic E-state index is 0.102. The molecule has 1 N–H and O–H groups in total. The van der Waals surface area contributed by atoms with E-state index >= 15 is 0 Å². The predicted molar refractivity (Wildman–Crippen MR) is 64.3 cm³/mol. The summed E-state index contributed by atoms with van der Waals surface area (Å²) in [6.07, 6.45) is 3.35. The molecule has 1 saturated carbocycles. The zero-order chi connectivity index (χ0) is 12.5. The number of methoxy groups -OCH3 is 1. The Bertz CT molecular complexity index is 271. The molecule has 17 heavy (non-hydrogen) atoms. The molecule has 1 fully saturated rings. The SMILES string of the molecule is COCCN(CCC#N)C(=O)CCNC1CC1. The molecule has 5 nitrogen and oxygen atoms in total. The molecule has 0 radical (unpaired) electrons. The van der Waals surface area contributed by atoms with Gasteiger partial charge in [-0.05, 0) is 12.8 Å². The van der Waals surface area contributed by atoms with Gasteiger partial charge in [0.15, 0.2) is 0 Å². The average Bonchev–Trinajstić information content (AvgIpc) is 3.13. The van der Waals surface area contributed by atoms with Gasteiger partial charge in [0.1, 0.15) is 0 Å². The van der Waals surface area contributed by atoms with E-state index in [0.29, 0.717) is 38.6 Å². The van der Waals surface area contributed by atoms with Gasteiger partial charge in [-0.15, -0.1) is 0 Å². The lowest BCUT2D eigenvalue weighted by molar-refractivity contribution is -0.131. The first-order valence-corrected chi connectivity index (χ1v) is 6.15. The number of nitrogens with zero attached hydrogens (tertiary/aromatic N) is 2. The number of nitriles is 1. The van der Waals surface area contributed by atoms with Gasteiger partial charge in [0.25, 0.3) is 0 Å². The third kappa shape index (κ3) is 6.25. The fraction of sp³-hybridized carbons (Fsp3) is 0.833. The minimum atomic E-state index is 0.102. The van der Waals surface area contributed by atoms with Crippen LogP contribution in [0.5, 0.6) is 0 Å². The molecule has 0 aromatic heterocycles. The van der Waals surface area contributed by atoms with Crippen LogP contribution in [-0.2, 0) is 9.53 Å². The molecule has 5 heteroatoms. The smallest absolute Gasteiger partial charge is 0.223 e. The van der Waals surface area contributed by atoms with E-state index in [9.17, 15) is 4.79 Å². The standard InChI is InChI=1S/C12H21N3O2/c1-17-10-9-15(8-2-6-13)12(16)5-7-14-11-3-4-11/h11,14H,2-5,7-10H2,1H3. The first-order chi connectivity index (χ1) is 8.27. The number of rotatable bonds is 9. The van der Waals surface area contributed by atoms with Crippen molar-refractivity contribution >= 4 is 5.91 Å². The number of nitrogens with one attached hydrogen (secondary N) is 1. The molecule has 0 aromatic carbocycles. The monoisotopic (exact) mass is 239 g/mol. The van der Waals surface area contributed by atoms with E-state index in [2.05, 4.69) is 11.4 Å². The van der Waals surface area contributed by atoms with Crippen molar-refractivity contribution in [3.63, 3.8) is 0 Å². The van der Waals surface area contributed by atoms with E-state index in [4.69, 9.17) is 10.00 Å². The van der Waals surface area contributed by atoms with E-state index in [-0.39, 0.29) is 5.91 Å². The van der Waals surface area contributed by atoms with Crippen molar-refractivity contribution in [1.29, 1.82) is 5.26 Å². The highest BCUT2D eigenvalue weighted by molar-refractivity contribution is 5.76. The van der Waals surface area contributed by atoms with Crippen LogP contribution in [-0.4, -0.2) is 50.2 Å². The maximum absolute atomic E-state index is 11.9. The second-order valence-electron chi connectivity index (χ2n) is 4.26. The predicted octanol–water partition coefficient (Wildman–Crippen LogP) is 0.517. The summed E-state index contributed by atoms with van der Waals surface area (Å²) in [5, 5.41) is 11.9. The van der Waals surface area contributed by atoms with Crippen molar-refractivity contribution in [1.82, 2.24) is 10.2 Å². The highest BCUT2D eigenvalue weighted by Gasteiger charge is 2.20. The maximum atomic E-state index is 11.9. The molecule has 0 unspecified atom stereocenters. The molecule has 0 aliphatic heterocycles. The highest BCUT2D eigenvalue weighted by Crippen LogP contribution is 2.18. The topological polar surface area (TPSA) is 65.4 Å². The largest absolute Gasteiger partial charge is 0.383 e. The Balaban J connectivity index is 2.21. The van der Waals surface area contributed by atoms with Crippen LogP contribution in [0.2, 0.25) is 0 Å². The molecule has 0 heterocycles. The maximum Gasteiger partial charge on any atom is 0.223 e. The molecule has 0 saturated heterocycles. The van der Waals surface area contributed by atoms with Gasteiger partial charge in [0.05, 0.1) is 19.1 Å². The fourth-order valence-electron chi connectivity index (χ4n) is 1.58. The van der Waals surface area contributed by atoms with Crippen LogP contribution in [0.25, 0.3) is 0 Å². The van der Waals surface area contributed by atoms with E-state index in [1.807, 2.05) is 0 Å². The first kappa shape index (κ1) is 13.9. The summed E-state index contributed by atoms with van der Waals surface area (Å²) in [6.45, 7) is 2.33. The molecule has 1 aliphatic rings. The van der Waals surface area contributed by atoms with Gasteiger partial charge >= 0.3 is 0 Å². The van der Waals surface area contributed by atoms with Crippen LogP contribution in [0, 0.1) is 11.3 Å². The van der Waals surface area contributed by atoms with E-state index in [1.165, 1.54) is 12.8 Å². The Morgan fingerprint density at radius 2 is 2.29 bits per heavy atom. The number of hydrogen-bond acceptors (Lipinski definition) is 4. The third-order valence-corrected chi connectivity index (χ3v) is 2.76. The van der Waals surface area contributed by atoms with Crippen molar-refractivity contribution < 1.29 is 9.53 Å². The zero-order valence-corrected chi connectivity index (χ0v) is 10.4. The normalized spacial score (nSPS) is 14.4. The molecule has 1 aliphatic carbocycles. The summed E-state index contributed by atoms with van der Waals surface area (Å²) in [4.78, 5) is 13.6. The van der Waals surface area contributed by atoms with Gasteiger partial charge in [-0.25, -0.2) is 0 Å². The number of amides is 1. The minimum Gasteiger partial charge on any atom is -0.383 e. The molecular formula is C12H21N3O2. The van der Waals surface area contributed by atoms with Crippen molar-refractivity contribution in [2.45, 2.75) is 31.7 Å². The fourth-order valence-corrected chi connectivity index (χ4v) is 1.58. The van der Waals surface area contributed by atoms with Crippen molar-refractivity contribution in [2.24, 2.45) is 0 Å². The van der Waals surface area contributed by atoms with E-state index in [1.54, 1.807) is 12.0 Å². The van der Waals surface area contributed by atoms with Crippen LogP contribution in [0.4, 0.5) is 0 Å². The van der Waals surface area contributed by atoms with Crippen LogP contribution in [0.15, 0.2) is 0 Å². The summed E-state index contributed by atoms with van der Waals surface area (Å²) in [5.74, 6) is 0.102. The van der Waals surface area contributed by atoms with Crippen molar-refractivity contribution in [3.8, 4) is 6.07 Å². The molecule has 1 rings (SSSR count). The summed E-state index contributed by atoms with van der Waals surface area (Å²) < 4.78 is 4.96. The number of hydrogen-bond donors (Lipinski definition) is 1. The average molecular weight is 239 g/mol. The van der Waals surface area contributed by atoms with Gasteiger partial charge in [-0.2, -0.15) is 5.26 Å². The second-order valence-corrected chi connectivity index (χ2v) is 4.26. The first-order valence-electron chi connectivity index (χ1n) is 6.15. The van der Waals surface area contributed by atoms with Crippen LogP contribution in [0.3, 0.4) is 0 Å². The lowest BCUT2D eigenvalue weighted by atomic mass is 10.3. The Hall–Kier alpha value is -1.12. The molecule has 0 bridgehead atoms. The molecule has 1 amide bonds. The lowest BCUT2D eigenvalue weighted by Crippen LogP contribution is -2.36. The highest BCUT2D eigenvalue weighted by atomic mass is 16.5. The molecule has 0 atom stereocenters. The second kappa shape index (κ2) is 8.04. The van der Waals surface area contributed by atoms with Crippen molar-refractivity contribution in [3.05, 3.63) is 0 Å². The van der Waals surface area contributed by atoms with E-state index in [0.717, 1.165) is 6.54 Å². The van der Waals surface area contributed by atoms with Gasteiger partial charge in [-0.3, -0.25) is 4.79 Å². The number of carbonyl (C=O) groups excluding carboxylic acids is 1. The van der Waals surface area contributed by atoms with Gasteiger partial charge < -0.3 is 15.0 Å². The number of carbonyl (C=O) groups is 1. The Labute approximate surface area is 103 Å². The Kier molecular flexibility index (Phi) is 6.60. The quantitative estimate of drug-likeness (QED) is 0.637. The lowest BCUT2D eigenvalue weighted by Gasteiger charge is -2.21. The molecule has 0 aromatic rings. The van der Waals surface area contributed by atoms with Gasteiger partial charge in [0.2, 0.25) is 5.91 Å². The van der Waals surface area contributed by atoms with Crippen LogP contribution >= 0.6 is 0 Å². The van der Waals surface area contributed by atoms with Gasteiger partial charge in [-0.1, -0.05) is 0 Å². The summed E-state index contributed by atoms with van der Waals surface area (Å²) >= 11 is 0. The summed E-state index contributed by atoms with van der Waals surface area (Å²) in [7, 11) is 1.61. The molecule has 0 spiro atoms. The zero-order valence-electron chi connectivity index (χ0n) is 10.4. The molecule has 96 valence electrons. The van der Waals surface area contributed by atoms with Crippen molar-refractivity contribution in [2.75, 3.05) is 33.4 Å². The third-order valence-electron chi connectivity index (χ3n) is 2.76. The Morgan fingerprint density at radius 3 is 2.88 bits per heavy atom. The van der Waals surface area contributed by atoms with E-state index < -0.39 is 0 Å². The van der Waals surface area contributed by atoms with Crippen LogP contribution in [0.1, 0.15) is 25.7 Å². The van der Waals surface area contributed by atoms with Gasteiger partial charge in [0, 0.05) is 39.2 Å².